The number of rotatable bonds is 0. The average molecular weight is 562 g/mol. The predicted octanol–water partition coefficient (Wildman–Crippen LogP) is -11.4. The van der Waals surface area contributed by atoms with Gasteiger partial charge in [0.15, 0.2) is 0 Å². The van der Waals surface area contributed by atoms with Gasteiger partial charge in [0, 0.05) is 0 Å². The molecular weight excluding hydrogens is 560 g/mol. The maximum absolute atomic E-state index is 8.93. The van der Waals surface area contributed by atoms with Gasteiger partial charge in [0.2, 0.25) is 0 Å². The molecule has 0 rings (SSSR count). The first-order chi connectivity index (χ1) is 7.93. The van der Waals surface area contributed by atoms with Gasteiger partial charge in [0.25, 0.3) is 0 Å². The van der Waals surface area contributed by atoms with Crippen molar-refractivity contribution in [1.29, 1.82) is 0 Å². The second-order valence-electron chi connectivity index (χ2n) is 1.72. The van der Waals surface area contributed by atoms with E-state index in [1.807, 2.05) is 0 Å². The van der Waals surface area contributed by atoms with E-state index in [0.29, 0.717) is 0 Å². The summed E-state index contributed by atoms with van der Waals surface area (Å²) in [5.41, 5.74) is 0. The molecule has 0 fully saturated rings. The minimum atomic E-state index is -2.19. The Labute approximate surface area is 182 Å². The zero-order chi connectivity index (χ0) is 15.5. The Hall–Kier alpha value is -0.467. The SMILES string of the molecule is O.O=C([O-])C(=O)[O-].O=C([O-])C(=O)[O-].O=C([O-])C(=O)[O-].[Ce+3].[Ce+3]. The van der Waals surface area contributed by atoms with Gasteiger partial charge in [-0.15, -0.1) is 0 Å². The minimum Gasteiger partial charge on any atom is -0.543 e. The van der Waals surface area contributed by atoms with Crippen molar-refractivity contribution in [3.05, 3.63) is 0 Å². The Morgan fingerprint density at radius 3 is 0.429 bits per heavy atom. The maximum atomic E-state index is 8.93. The molecule has 0 spiro atoms. The minimum absolute atomic E-state index is 0. The summed E-state index contributed by atoms with van der Waals surface area (Å²) in [6.45, 7) is 0. The molecular formula is C6H2Ce2O13. The molecule has 15 heteroatoms. The first-order valence-corrected chi connectivity index (χ1v) is 3.20. The Bertz CT molecular complexity index is 282. The van der Waals surface area contributed by atoms with E-state index < -0.39 is 35.8 Å². The molecule has 0 amide bonds. The summed E-state index contributed by atoms with van der Waals surface area (Å²) in [4.78, 5) is 53.6. The van der Waals surface area contributed by atoms with Crippen LogP contribution in [-0.4, -0.2) is 41.3 Å². The van der Waals surface area contributed by atoms with E-state index >= 15 is 0 Å². The van der Waals surface area contributed by atoms with Crippen molar-refractivity contribution in [2.75, 3.05) is 0 Å². The molecule has 0 aliphatic heterocycles. The van der Waals surface area contributed by atoms with Gasteiger partial charge in [0.05, 0.1) is 35.8 Å². The van der Waals surface area contributed by atoms with E-state index in [-0.39, 0.29) is 89.0 Å². The first kappa shape index (κ1) is 37.1. The summed E-state index contributed by atoms with van der Waals surface area (Å²) in [6, 6.07) is 0. The molecule has 0 aromatic heterocycles. The second-order valence-corrected chi connectivity index (χ2v) is 1.72. The van der Waals surface area contributed by atoms with E-state index in [1.165, 1.54) is 0 Å². The molecule has 2 radical (unpaired) electrons. The van der Waals surface area contributed by atoms with Gasteiger partial charge in [-0.05, 0) is 0 Å². The fourth-order valence-corrected chi connectivity index (χ4v) is 0. The number of carbonyl (C=O) groups excluding carboxylic acids is 6. The Morgan fingerprint density at radius 2 is 0.429 bits per heavy atom. The molecule has 0 bridgehead atoms. The standard InChI is InChI=1S/3C2H2O4.2Ce.H2O/c3*3-1(4)2(5)6;;;/h3*(H,3,4)(H,5,6);;;1H2/q;;;2*+3;/p-6. The zero-order valence-electron chi connectivity index (χ0n) is 9.40. The number of hydrogen-bond acceptors (Lipinski definition) is 12. The van der Waals surface area contributed by atoms with Crippen LogP contribution in [0.1, 0.15) is 0 Å². The van der Waals surface area contributed by atoms with Gasteiger partial charge in [-0.1, -0.05) is 0 Å². The molecule has 112 valence electrons. The molecule has 2 N–H and O–H groups in total. The van der Waals surface area contributed by atoms with Crippen LogP contribution in [0.4, 0.5) is 0 Å². The van der Waals surface area contributed by atoms with Gasteiger partial charge in [-0.2, -0.15) is 0 Å². The zero-order valence-corrected chi connectivity index (χ0v) is 15.7. The van der Waals surface area contributed by atoms with Crippen molar-refractivity contribution >= 4 is 35.8 Å². The van der Waals surface area contributed by atoms with Crippen molar-refractivity contribution in [2.24, 2.45) is 0 Å². The third-order valence-electron chi connectivity index (χ3n) is 0.500. The van der Waals surface area contributed by atoms with Crippen molar-refractivity contribution < 1.29 is 148 Å². The van der Waals surface area contributed by atoms with Gasteiger partial charge in [0.1, 0.15) is 0 Å². The first-order valence-electron chi connectivity index (χ1n) is 3.20. The van der Waals surface area contributed by atoms with Crippen LogP contribution in [0.25, 0.3) is 0 Å². The van der Waals surface area contributed by atoms with Gasteiger partial charge < -0.3 is 64.9 Å². The summed E-state index contributed by atoms with van der Waals surface area (Å²) in [5.74, 6) is -13.1. The molecule has 0 aromatic rings. The van der Waals surface area contributed by atoms with Crippen LogP contribution in [0.5, 0.6) is 0 Å². The fourth-order valence-electron chi connectivity index (χ4n) is 0. The van der Waals surface area contributed by atoms with E-state index in [1.54, 1.807) is 0 Å². The van der Waals surface area contributed by atoms with E-state index in [2.05, 4.69) is 0 Å². The number of aliphatic carboxylic acids is 6. The summed E-state index contributed by atoms with van der Waals surface area (Å²) < 4.78 is 0. The largest absolute Gasteiger partial charge is 3.00 e. The summed E-state index contributed by atoms with van der Waals surface area (Å²) >= 11 is 0. The topological polar surface area (TPSA) is 272 Å². The van der Waals surface area contributed by atoms with Gasteiger partial charge in [-0.3, -0.25) is 0 Å². The molecule has 0 aliphatic rings. The van der Waals surface area contributed by atoms with Crippen LogP contribution >= 0.6 is 0 Å². The number of carbonyl (C=O) groups is 6. The van der Waals surface area contributed by atoms with E-state index in [0.717, 1.165) is 0 Å². The molecule has 0 aromatic carbocycles. The number of carboxylic acids is 6. The van der Waals surface area contributed by atoms with Crippen molar-refractivity contribution in [3.63, 3.8) is 0 Å². The molecule has 0 heterocycles. The van der Waals surface area contributed by atoms with Crippen LogP contribution in [0.3, 0.4) is 0 Å². The number of carboxylic acid groups (broad SMARTS) is 6. The molecule has 0 saturated carbocycles. The summed E-state index contributed by atoms with van der Waals surface area (Å²) in [6.07, 6.45) is 0. The van der Waals surface area contributed by atoms with Gasteiger partial charge in [-0.25, -0.2) is 0 Å². The fraction of sp³-hybridized carbons (Fsp3) is 0. The molecule has 0 unspecified atom stereocenters. The van der Waals surface area contributed by atoms with Crippen LogP contribution in [-0.2, 0) is 28.8 Å². The molecule has 0 aliphatic carbocycles. The monoisotopic (exact) mass is 562 g/mol. The Morgan fingerprint density at radius 1 is 0.381 bits per heavy atom. The molecule has 21 heavy (non-hydrogen) atoms. The van der Waals surface area contributed by atoms with Crippen LogP contribution in [0.2, 0.25) is 0 Å². The van der Waals surface area contributed by atoms with Crippen molar-refractivity contribution in [3.8, 4) is 0 Å². The predicted molar refractivity (Wildman–Crippen MR) is 33.7 cm³/mol. The van der Waals surface area contributed by atoms with Crippen LogP contribution in [0.15, 0.2) is 0 Å². The smallest absolute Gasteiger partial charge is 0.543 e. The second kappa shape index (κ2) is 21.8. The third kappa shape index (κ3) is 45.1. The van der Waals surface area contributed by atoms with Crippen LogP contribution < -0.4 is 30.6 Å². The normalized spacial score (nSPS) is 6.29. The Kier molecular flexibility index (Phi) is 38.5. The summed E-state index contributed by atoms with van der Waals surface area (Å²) in [5, 5.41) is 53.6. The van der Waals surface area contributed by atoms with Crippen LogP contribution in [0, 0.1) is 83.5 Å². The quantitative estimate of drug-likeness (QED) is 0.249. The number of hydrogen-bond donors (Lipinski definition) is 0. The summed E-state index contributed by atoms with van der Waals surface area (Å²) in [7, 11) is 0. The van der Waals surface area contributed by atoms with Crippen molar-refractivity contribution in [2.45, 2.75) is 0 Å². The Balaban J connectivity index is -0.0000000375. The van der Waals surface area contributed by atoms with E-state index in [4.69, 9.17) is 59.4 Å². The van der Waals surface area contributed by atoms with E-state index in [9.17, 15) is 0 Å². The average Bonchev–Trinajstić information content (AvgIpc) is 2.18. The molecule has 0 atom stereocenters. The third-order valence-corrected chi connectivity index (χ3v) is 0.500. The molecule has 13 nitrogen and oxygen atoms in total. The maximum Gasteiger partial charge on any atom is 3.00 e. The van der Waals surface area contributed by atoms with Crippen molar-refractivity contribution in [1.82, 2.24) is 0 Å². The van der Waals surface area contributed by atoms with Gasteiger partial charge >= 0.3 is 83.5 Å². The molecule has 0 saturated heterocycles.